The van der Waals surface area contributed by atoms with Crippen LogP contribution < -0.4 is 10.3 Å². The van der Waals surface area contributed by atoms with Crippen LogP contribution in [0.3, 0.4) is 0 Å². The molecule has 2 aromatic carbocycles. The molecule has 0 saturated carbocycles. The van der Waals surface area contributed by atoms with Crippen LogP contribution >= 0.6 is 0 Å². The highest BCUT2D eigenvalue weighted by atomic mass is 16.5. The molecule has 0 aliphatic carbocycles. The highest BCUT2D eigenvalue weighted by Gasteiger charge is 2.23. The molecule has 1 saturated heterocycles. The normalized spacial score (nSPS) is 14.0. The maximum absolute atomic E-state index is 13.0. The van der Waals surface area contributed by atoms with Crippen LogP contribution in [0.1, 0.15) is 23.2 Å². The van der Waals surface area contributed by atoms with E-state index >= 15 is 0 Å². The second-order valence-corrected chi connectivity index (χ2v) is 6.46. The number of fused-ring (bicyclic) bond motifs is 1. The van der Waals surface area contributed by atoms with Gasteiger partial charge in [0.05, 0.1) is 12.7 Å². The van der Waals surface area contributed by atoms with Gasteiger partial charge in [0.2, 0.25) is 0 Å². The molecular weight excluding hydrogens is 328 g/mol. The first-order valence-electron chi connectivity index (χ1n) is 8.77. The van der Waals surface area contributed by atoms with Crippen molar-refractivity contribution in [2.24, 2.45) is 0 Å². The van der Waals surface area contributed by atoms with E-state index in [9.17, 15) is 9.59 Å². The summed E-state index contributed by atoms with van der Waals surface area (Å²) < 4.78 is 6.73. The van der Waals surface area contributed by atoms with Crippen LogP contribution in [0.4, 0.5) is 0 Å². The molecule has 0 atom stereocenters. The number of benzene rings is 2. The standard InChI is InChI=1S/C21H20N2O3/c1-26-16-10-8-15(9-11-16)23-14-19(20(24)22-12-4-5-13-22)17-6-2-3-7-18(17)21(23)25/h2-3,6-11,14H,4-5,12-13H2,1H3. The number of rotatable bonds is 3. The molecule has 0 N–H and O–H groups in total. The molecule has 0 spiro atoms. The van der Waals surface area contributed by atoms with E-state index < -0.39 is 0 Å². The Morgan fingerprint density at radius 3 is 2.27 bits per heavy atom. The van der Waals surface area contributed by atoms with Gasteiger partial charge in [0.25, 0.3) is 11.5 Å². The maximum atomic E-state index is 13.0. The van der Waals surface area contributed by atoms with E-state index in [0.29, 0.717) is 22.0 Å². The molecule has 5 heteroatoms. The summed E-state index contributed by atoms with van der Waals surface area (Å²) in [7, 11) is 1.60. The Bertz CT molecular complexity index is 1020. The van der Waals surface area contributed by atoms with Crippen molar-refractivity contribution in [1.29, 1.82) is 0 Å². The summed E-state index contributed by atoms with van der Waals surface area (Å²) in [6.07, 6.45) is 3.73. The van der Waals surface area contributed by atoms with Crippen LogP contribution in [0.2, 0.25) is 0 Å². The minimum absolute atomic E-state index is 0.0130. The van der Waals surface area contributed by atoms with Gasteiger partial charge in [-0.3, -0.25) is 14.2 Å². The smallest absolute Gasteiger partial charge is 0.262 e. The molecule has 1 amide bonds. The number of aromatic nitrogens is 1. The zero-order valence-corrected chi connectivity index (χ0v) is 14.6. The molecule has 0 radical (unpaired) electrons. The number of likely N-dealkylation sites (tertiary alicyclic amines) is 1. The summed E-state index contributed by atoms with van der Waals surface area (Å²) in [5, 5.41) is 1.26. The van der Waals surface area contributed by atoms with Crippen molar-refractivity contribution in [3.05, 3.63) is 70.6 Å². The van der Waals surface area contributed by atoms with E-state index in [1.54, 1.807) is 36.1 Å². The lowest BCUT2D eigenvalue weighted by molar-refractivity contribution is 0.0794. The number of carbonyl (C=O) groups excluding carboxylic acids is 1. The fourth-order valence-corrected chi connectivity index (χ4v) is 3.49. The number of methoxy groups -OCH3 is 1. The predicted octanol–water partition coefficient (Wildman–Crippen LogP) is 3.24. The van der Waals surface area contributed by atoms with Gasteiger partial charge in [0.15, 0.2) is 0 Å². The van der Waals surface area contributed by atoms with Crippen molar-refractivity contribution in [1.82, 2.24) is 9.47 Å². The third kappa shape index (κ3) is 2.75. The number of pyridine rings is 1. The van der Waals surface area contributed by atoms with Gasteiger partial charge < -0.3 is 9.64 Å². The fourth-order valence-electron chi connectivity index (χ4n) is 3.49. The second kappa shape index (κ2) is 6.67. The van der Waals surface area contributed by atoms with Crippen molar-refractivity contribution in [3.8, 4) is 11.4 Å². The number of carbonyl (C=O) groups is 1. The van der Waals surface area contributed by atoms with Crippen molar-refractivity contribution in [2.45, 2.75) is 12.8 Å². The van der Waals surface area contributed by atoms with Gasteiger partial charge >= 0.3 is 0 Å². The van der Waals surface area contributed by atoms with E-state index in [4.69, 9.17) is 4.74 Å². The number of hydrogen-bond acceptors (Lipinski definition) is 3. The lowest BCUT2D eigenvalue weighted by atomic mass is 10.1. The highest BCUT2D eigenvalue weighted by Crippen LogP contribution is 2.22. The summed E-state index contributed by atoms with van der Waals surface area (Å²) >= 11 is 0. The van der Waals surface area contributed by atoms with Crippen molar-refractivity contribution < 1.29 is 9.53 Å². The zero-order chi connectivity index (χ0) is 18.1. The van der Waals surface area contributed by atoms with E-state index in [0.717, 1.165) is 31.7 Å². The summed E-state index contributed by atoms with van der Waals surface area (Å²) in [4.78, 5) is 27.9. The molecule has 4 rings (SSSR count). The Morgan fingerprint density at radius 1 is 0.962 bits per heavy atom. The first kappa shape index (κ1) is 16.4. The molecular formula is C21H20N2O3. The summed E-state index contributed by atoms with van der Waals surface area (Å²) in [6.45, 7) is 1.55. The van der Waals surface area contributed by atoms with Gasteiger partial charge in [-0.15, -0.1) is 0 Å². The Kier molecular flexibility index (Phi) is 4.21. The second-order valence-electron chi connectivity index (χ2n) is 6.46. The lowest BCUT2D eigenvalue weighted by Gasteiger charge is -2.18. The van der Waals surface area contributed by atoms with E-state index in [-0.39, 0.29) is 11.5 Å². The average Bonchev–Trinajstić information content (AvgIpc) is 3.23. The summed E-state index contributed by atoms with van der Waals surface area (Å²) in [6, 6.07) is 14.6. The third-order valence-electron chi connectivity index (χ3n) is 4.90. The SMILES string of the molecule is COc1ccc(-n2cc(C(=O)N3CCCC3)c3ccccc3c2=O)cc1. The lowest BCUT2D eigenvalue weighted by Crippen LogP contribution is -2.30. The molecule has 1 aliphatic rings. The Balaban J connectivity index is 1.91. The maximum Gasteiger partial charge on any atom is 0.262 e. The Hall–Kier alpha value is -3.08. The molecule has 3 aromatic rings. The number of ether oxygens (including phenoxy) is 1. The summed E-state index contributed by atoms with van der Waals surface area (Å²) in [5.74, 6) is 0.705. The monoisotopic (exact) mass is 348 g/mol. The van der Waals surface area contributed by atoms with E-state index in [1.807, 2.05) is 35.2 Å². The largest absolute Gasteiger partial charge is 0.497 e. The molecule has 2 heterocycles. The predicted molar refractivity (Wildman–Crippen MR) is 101 cm³/mol. The van der Waals surface area contributed by atoms with Crippen molar-refractivity contribution in [2.75, 3.05) is 20.2 Å². The van der Waals surface area contributed by atoms with Gasteiger partial charge in [-0.2, -0.15) is 0 Å². The van der Waals surface area contributed by atoms with Crippen LogP contribution in [-0.4, -0.2) is 35.6 Å². The molecule has 132 valence electrons. The van der Waals surface area contributed by atoms with E-state index in [1.165, 1.54) is 0 Å². The first-order valence-corrected chi connectivity index (χ1v) is 8.77. The van der Waals surface area contributed by atoms with Gasteiger partial charge in [-0.05, 0) is 43.2 Å². The minimum Gasteiger partial charge on any atom is -0.497 e. The minimum atomic E-state index is -0.135. The number of hydrogen-bond donors (Lipinski definition) is 0. The van der Waals surface area contributed by atoms with Crippen LogP contribution in [0.25, 0.3) is 16.5 Å². The van der Waals surface area contributed by atoms with Crippen LogP contribution in [0.5, 0.6) is 5.75 Å². The molecule has 1 aliphatic heterocycles. The van der Waals surface area contributed by atoms with Crippen molar-refractivity contribution in [3.63, 3.8) is 0 Å². The van der Waals surface area contributed by atoms with E-state index in [2.05, 4.69) is 0 Å². The van der Waals surface area contributed by atoms with Gasteiger partial charge in [0, 0.05) is 35.7 Å². The van der Waals surface area contributed by atoms with Gasteiger partial charge in [0.1, 0.15) is 5.75 Å². The number of nitrogens with zero attached hydrogens (tertiary/aromatic N) is 2. The molecule has 0 bridgehead atoms. The molecule has 1 aromatic heterocycles. The highest BCUT2D eigenvalue weighted by molar-refractivity contribution is 6.06. The quantitative estimate of drug-likeness (QED) is 0.730. The van der Waals surface area contributed by atoms with Gasteiger partial charge in [-0.25, -0.2) is 0 Å². The Labute approximate surface area is 151 Å². The topological polar surface area (TPSA) is 51.5 Å². The number of amides is 1. The van der Waals surface area contributed by atoms with Crippen molar-refractivity contribution >= 4 is 16.7 Å². The molecule has 26 heavy (non-hydrogen) atoms. The fraction of sp³-hybridized carbons (Fsp3) is 0.238. The molecule has 1 fully saturated rings. The molecule has 0 unspecified atom stereocenters. The molecule has 5 nitrogen and oxygen atoms in total. The summed E-state index contributed by atoms with van der Waals surface area (Å²) in [5.41, 5.74) is 1.14. The average molecular weight is 348 g/mol. The first-order chi connectivity index (χ1) is 12.7. The zero-order valence-electron chi connectivity index (χ0n) is 14.6. The van der Waals surface area contributed by atoms with Crippen LogP contribution in [0.15, 0.2) is 59.5 Å². The third-order valence-corrected chi connectivity index (χ3v) is 4.90. The van der Waals surface area contributed by atoms with Crippen LogP contribution in [0, 0.1) is 0 Å². The van der Waals surface area contributed by atoms with Crippen LogP contribution in [-0.2, 0) is 0 Å². The van der Waals surface area contributed by atoms with Gasteiger partial charge in [-0.1, -0.05) is 18.2 Å². The Morgan fingerprint density at radius 2 is 1.62 bits per heavy atom.